The van der Waals surface area contributed by atoms with Crippen molar-refractivity contribution in [1.29, 1.82) is 0 Å². The summed E-state index contributed by atoms with van der Waals surface area (Å²) in [7, 11) is -0.130. The third-order valence-electron chi connectivity index (χ3n) is 2.46. The summed E-state index contributed by atoms with van der Waals surface area (Å²) >= 11 is 0. The molecule has 0 amide bonds. The van der Waals surface area contributed by atoms with Crippen LogP contribution < -0.4 is 0 Å². The number of aromatic hydroxyl groups is 1. The molecule has 14 heavy (non-hydrogen) atoms. The molecule has 0 saturated heterocycles. The molecule has 1 nitrogen and oxygen atoms in total. The molecular weight excluding hydrogens is 188 g/mol. The summed E-state index contributed by atoms with van der Waals surface area (Å²) in [6.07, 6.45) is 1.16. The lowest BCUT2D eigenvalue weighted by Gasteiger charge is -2.08. The first kappa shape index (κ1) is 11.3. The second-order valence-electron chi connectivity index (χ2n) is 4.29. The minimum atomic E-state index is -0.130. The van der Waals surface area contributed by atoms with Crippen molar-refractivity contribution in [2.75, 3.05) is 0 Å². The van der Waals surface area contributed by atoms with Crippen LogP contribution in [0.1, 0.15) is 16.7 Å². The second kappa shape index (κ2) is 4.65. The molecule has 1 aromatic carbocycles. The van der Waals surface area contributed by atoms with Crippen LogP contribution in [0.15, 0.2) is 12.1 Å². The molecule has 0 bridgehead atoms. The summed E-state index contributed by atoms with van der Waals surface area (Å²) in [6.45, 7) is 8.61. The molecule has 0 atom stereocenters. The van der Waals surface area contributed by atoms with E-state index < -0.39 is 0 Å². The predicted octanol–water partition coefficient (Wildman–Crippen LogP) is 3.31. The van der Waals surface area contributed by atoms with E-state index in [4.69, 9.17) is 0 Å². The van der Waals surface area contributed by atoms with E-state index in [0.29, 0.717) is 5.75 Å². The maximum absolute atomic E-state index is 9.61. The number of hydrogen-bond acceptors (Lipinski definition) is 1. The van der Waals surface area contributed by atoms with Crippen molar-refractivity contribution in [1.82, 2.24) is 0 Å². The minimum absolute atomic E-state index is 0.130. The van der Waals surface area contributed by atoms with Gasteiger partial charge in [-0.05, 0) is 37.0 Å². The monoisotopic (exact) mass is 207 g/mol. The summed E-state index contributed by atoms with van der Waals surface area (Å²) < 4.78 is 0. The summed E-state index contributed by atoms with van der Waals surface area (Å²) in [6, 6.07) is 5.52. The molecule has 0 aliphatic carbocycles. The summed E-state index contributed by atoms with van der Waals surface area (Å²) in [5.41, 5.74) is 3.37. The van der Waals surface area contributed by atoms with Gasteiger partial charge in [-0.15, -0.1) is 0 Å². The average molecular weight is 207 g/mol. The van der Waals surface area contributed by atoms with Gasteiger partial charge >= 0.3 is 0 Å². The molecule has 1 aromatic rings. The Kier molecular flexibility index (Phi) is 3.75. The van der Waals surface area contributed by atoms with E-state index >= 15 is 0 Å². The predicted molar refractivity (Wildman–Crippen MR) is 63.6 cm³/mol. The van der Waals surface area contributed by atoms with Gasteiger partial charge in [0.2, 0.25) is 0 Å². The van der Waals surface area contributed by atoms with E-state index in [-0.39, 0.29) is 8.80 Å². The van der Waals surface area contributed by atoms with E-state index in [1.165, 1.54) is 11.6 Å². The fraction of sp³-hybridized carbons (Fsp3) is 0.500. The molecule has 1 rings (SSSR count). The first-order valence-electron chi connectivity index (χ1n) is 5.09. The normalized spacial score (nSPS) is 10.9. The Morgan fingerprint density at radius 3 is 2.07 bits per heavy atom. The van der Waals surface area contributed by atoms with Crippen LogP contribution in [0.2, 0.25) is 19.1 Å². The van der Waals surface area contributed by atoms with Crippen LogP contribution in [-0.4, -0.2) is 13.9 Å². The standard InChI is InChI=1S/C12H19OSi/c1-9-7-11(5-6-14(3)4)8-10(2)12(9)13/h7-8,13H,5-6H2,1-4H3. The topological polar surface area (TPSA) is 20.2 Å². The van der Waals surface area contributed by atoms with E-state index in [9.17, 15) is 5.11 Å². The zero-order chi connectivity index (χ0) is 10.7. The Morgan fingerprint density at radius 2 is 1.64 bits per heavy atom. The molecule has 0 aromatic heterocycles. The van der Waals surface area contributed by atoms with Gasteiger partial charge in [0, 0.05) is 8.80 Å². The van der Waals surface area contributed by atoms with Crippen molar-refractivity contribution in [2.45, 2.75) is 39.4 Å². The zero-order valence-electron chi connectivity index (χ0n) is 9.52. The zero-order valence-corrected chi connectivity index (χ0v) is 10.5. The fourth-order valence-electron chi connectivity index (χ4n) is 1.58. The van der Waals surface area contributed by atoms with Crippen molar-refractivity contribution in [3.8, 4) is 5.75 Å². The van der Waals surface area contributed by atoms with Gasteiger partial charge in [-0.3, -0.25) is 0 Å². The number of benzene rings is 1. The SMILES string of the molecule is Cc1cc(CC[Si](C)C)cc(C)c1O. The highest BCUT2D eigenvalue weighted by atomic mass is 28.3. The van der Waals surface area contributed by atoms with Crippen LogP contribution in [0.25, 0.3) is 0 Å². The van der Waals surface area contributed by atoms with Gasteiger partial charge in [0.05, 0.1) is 0 Å². The Labute approximate surface area is 88.4 Å². The highest BCUT2D eigenvalue weighted by molar-refractivity contribution is 6.55. The maximum atomic E-state index is 9.61. The first-order valence-corrected chi connectivity index (χ1v) is 7.79. The van der Waals surface area contributed by atoms with Crippen LogP contribution >= 0.6 is 0 Å². The quantitative estimate of drug-likeness (QED) is 0.754. The molecule has 0 unspecified atom stereocenters. The number of phenols is 1. The van der Waals surface area contributed by atoms with Crippen LogP contribution in [-0.2, 0) is 6.42 Å². The fourth-order valence-corrected chi connectivity index (χ4v) is 2.37. The average Bonchev–Trinajstić information content (AvgIpc) is 2.10. The Morgan fingerprint density at radius 1 is 1.14 bits per heavy atom. The third kappa shape index (κ3) is 2.88. The summed E-state index contributed by atoms with van der Waals surface area (Å²) in [4.78, 5) is 0. The van der Waals surface area contributed by atoms with E-state index in [2.05, 4.69) is 25.2 Å². The summed E-state index contributed by atoms with van der Waals surface area (Å²) in [5.74, 6) is 0.451. The maximum Gasteiger partial charge on any atom is 0.121 e. The third-order valence-corrected chi connectivity index (χ3v) is 3.71. The van der Waals surface area contributed by atoms with Crippen molar-refractivity contribution >= 4 is 8.80 Å². The largest absolute Gasteiger partial charge is 0.507 e. The summed E-state index contributed by atoms with van der Waals surface area (Å²) in [5, 5.41) is 9.61. The molecule has 1 radical (unpaired) electrons. The van der Waals surface area contributed by atoms with E-state index in [1.807, 2.05) is 13.8 Å². The van der Waals surface area contributed by atoms with Gasteiger partial charge < -0.3 is 5.11 Å². The van der Waals surface area contributed by atoms with Crippen molar-refractivity contribution < 1.29 is 5.11 Å². The minimum Gasteiger partial charge on any atom is -0.507 e. The van der Waals surface area contributed by atoms with Gasteiger partial charge in [0.1, 0.15) is 5.75 Å². The lowest BCUT2D eigenvalue weighted by atomic mass is 10.0. The van der Waals surface area contributed by atoms with Gasteiger partial charge in [0.25, 0.3) is 0 Å². The molecule has 0 spiro atoms. The van der Waals surface area contributed by atoms with Crippen molar-refractivity contribution in [2.24, 2.45) is 0 Å². The Bertz CT molecular complexity index is 295. The molecule has 2 heteroatoms. The molecule has 1 N–H and O–H groups in total. The highest BCUT2D eigenvalue weighted by Crippen LogP contribution is 2.23. The Balaban J connectivity index is 2.79. The molecular formula is C12H19OSi. The number of aryl methyl sites for hydroxylation is 3. The van der Waals surface area contributed by atoms with Crippen LogP contribution in [0.4, 0.5) is 0 Å². The number of hydrogen-bond donors (Lipinski definition) is 1. The molecule has 0 fully saturated rings. The van der Waals surface area contributed by atoms with E-state index in [0.717, 1.165) is 17.5 Å². The molecule has 0 aliphatic heterocycles. The van der Waals surface area contributed by atoms with Gasteiger partial charge in [-0.1, -0.05) is 31.3 Å². The lowest BCUT2D eigenvalue weighted by molar-refractivity contribution is 0.466. The van der Waals surface area contributed by atoms with Gasteiger partial charge in [0.15, 0.2) is 0 Å². The smallest absolute Gasteiger partial charge is 0.121 e. The second-order valence-corrected chi connectivity index (χ2v) is 7.20. The van der Waals surface area contributed by atoms with Gasteiger partial charge in [-0.25, -0.2) is 0 Å². The molecule has 0 heterocycles. The van der Waals surface area contributed by atoms with Crippen LogP contribution in [0, 0.1) is 13.8 Å². The molecule has 77 valence electrons. The van der Waals surface area contributed by atoms with Gasteiger partial charge in [-0.2, -0.15) is 0 Å². The van der Waals surface area contributed by atoms with Crippen molar-refractivity contribution in [3.05, 3.63) is 28.8 Å². The van der Waals surface area contributed by atoms with Crippen molar-refractivity contribution in [3.63, 3.8) is 0 Å². The van der Waals surface area contributed by atoms with Crippen LogP contribution in [0.5, 0.6) is 5.75 Å². The molecule has 0 aliphatic rings. The first-order chi connectivity index (χ1) is 6.50. The molecule has 0 saturated carbocycles. The van der Waals surface area contributed by atoms with Crippen LogP contribution in [0.3, 0.4) is 0 Å². The number of rotatable bonds is 3. The number of phenolic OH excluding ortho intramolecular Hbond substituents is 1. The highest BCUT2D eigenvalue weighted by Gasteiger charge is 2.04. The Hall–Kier alpha value is -0.763. The van der Waals surface area contributed by atoms with E-state index in [1.54, 1.807) is 0 Å². The lowest BCUT2D eigenvalue weighted by Crippen LogP contribution is -2.01.